The van der Waals surface area contributed by atoms with E-state index in [2.05, 4.69) is 46.1 Å². The summed E-state index contributed by atoms with van der Waals surface area (Å²) in [6.45, 7) is 2.10. The third kappa shape index (κ3) is 2.50. The molecule has 102 valence electrons. The Morgan fingerprint density at radius 2 is 1.95 bits per heavy atom. The van der Waals surface area contributed by atoms with Crippen molar-refractivity contribution in [3.05, 3.63) is 53.3 Å². The first-order valence-electron chi connectivity index (χ1n) is 6.70. The fourth-order valence-corrected chi connectivity index (χ4v) is 2.28. The molecule has 0 aliphatic carbocycles. The normalized spacial score (nSPS) is 10.9. The standard InChI is InChI=1S/C16H18N4/c1-11-5-4-6-12(9-11)10-14-17-13-7-8-15(20(2)3)19-16(13)18-14/h4-9H,10H2,1-3H3,(H,17,18,19). The minimum Gasteiger partial charge on any atom is -0.363 e. The van der Waals surface area contributed by atoms with Crippen molar-refractivity contribution in [2.24, 2.45) is 0 Å². The van der Waals surface area contributed by atoms with Gasteiger partial charge in [-0.2, -0.15) is 0 Å². The van der Waals surface area contributed by atoms with Gasteiger partial charge in [-0.25, -0.2) is 9.97 Å². The van der Waals surface area contributed by atoms with Gasteiger partial charge in [0.05, 0.1) is 5.52 Å². The van der Waals surface area contributed by atoms with E-state index in [1.54, 1.807) is 0 Å². The molecule has 0 saturated carbocycles. The van der Waals surface area contributed by atoms with Gasteiger partial charge in [-0.1, -0.05) is 29.8 Å². The largest absolute Gasteiger partial charge is 0.363 e. The number of hydrogen-bond acceptors (Lipinski definition) is 3. The maximum atomic E-state index is 4.59. The third-order valence-electron chi connectivity index (χ3n) is 3.29. The Kier molecular flexibility index (Phi) is 3.14. The summed E-state index contributed by atoms with van der Waals surface area (Å²) in [7, 11) is 3.96. The van der Waals surface area contributed by atoms with E-state index in [0.29, 0.717) is 0 Å². The zero-order valence-electron chi connectivity index (χ0n) is 12.0. The van der Waals surface area contributed by atoms with E-state index < -0.39 is 0 Å². The number of aryl methyl sites for hydroxylation is 1. The van der Waals surface area contributed by atoms with Crippen LogP contribution in [0.5, 0.6) is 0 Å². The van der Waals surface area contributed by atoms with Crippen LogP contribution in [0.3, 0.4) is 0 Å². The summed E-state index contributed by atoms with van der Waals surface area (Å²) < 4.78 is 0. The summed E-state index contributed by atoms with van der Waals surface area (Å²) in [6, 6.07) is 12.5. The number of hydrogen-bond donors (Lipinski definition) is 1. The lowest BCUT2D eigenvalue weighted by Gasteiger charge is -2.09. The maximum Gasteiger partial charge on any atom is 0.179 e. The van der Waals surface area contributed by atoms with Crippen molar-refractivity contribution in [1.82, 2.24) is 15.0 Å². The summed E-state index contributed by atoms with van der Waals surface area (Å²) >= 11 is 0. The number of H-pyrrole nitrogens is 1. The second-order valence-electron chi connectivity index (χ2n) is 5.28. The van der Waals surface area contributed by atoms with E-state index in [4.69, 9.17) is 0 Å². The van der Waals surface area contributed by atoms with Crippen LogP contribution in [0, 0.1) is 6.92 Å². The second-order valence-corrected chi connectivity index (χ2v) is 5.28. The molecule has 0 aliphatic heterocycles. The van der Waals surface area contributed by atoms with Crippen LogP contribution >= 0.6 is 0 Å². The van der Waals surface area contributed by atoms with Gasteiger partial charge in [-0.05, 0) is 24.6 Å². The molecule has 0 amide bonds. The first-order valence-corrected chi connectivity index (χ1v) is 6.70. The van der Waals surface area contributed by atoms with E-state index in [1.807, 2.05) is 31.1 Å². The van der Waals surface area contributed by atoms with Gasteiger partial charge in [0.2, 0.25) is 0 Å². The highest BCUT2D eigenvalue weighted by atomic mass is 15.1. The highest BCUT2D eigenvalue weighted by Crippen LogP contribution is 2.16. The number of aromatic amines is 1. The number of aromatic nitrogens is 3. The summed E-state index contributed by atoms with van der Waals surface area (Å²) in [6.07, 6.45) is 0.801. The Morgan fingerprint density at radius 1 is 1.10 bits per heavy atom. The molecule has 0 radical (unpaired) electrons. The van der Waals surface area contributed by atoms with Gasteiger partial charge in [0.15, 0.2) is 5.65 Å². The highest BCUT2D eigenvalue weighted by molar-refractivity contribution is 5.73. The van der Waals surface area contributed by atoms with Crippen LogP contribution < -0.4 is 4.90 Å². The molecule has 4 nitrogen and oxygen atoms in total. The molecule has 0 saturated heterocycles. The summed E-state index contributed by atoms with van der Waals surface area (Å²) in [5.74, 6) is 1.88. The van der Waals surface area contributed by atoms with Crippen LogP contribution in [0.25, 0.3) is 11.2 Å². The number of nitrogens with zero attached hydrogens (tertiary/aromatic N) is 3. The smallest absolute Gasteiger partial charge is 0.179 e. The van der Waals surface area contributed by atoms with Crippen molar-refractivity contribution in [2.45, 2.75) is 13.3 Å². The monoisotopic (exact) mass is 266 g/mol. The van der Waals surface area contributed by atoms with E-state index >= 15 is 0 Å². The third-order valence-corrected chi connectivity index (χ3v) is 3.29. The molecule has 0 unspecified atom stereocenters. The first kappa shape index (κ1) is 12.7. The summed E-state index contributed by atoms with van der Waals surface area (Å²) in [5, 5.41) is 0. The van der Waals surface area contributed by atoms with Crippen molar-refractivity contribution >= 4 is 17.0 Å². The van der Waals surface area contributed by atoms with Crippen LogP contribution in [0.1, 0.15) is 17.0 Å². The molecular weight excluding hydrogens is 248 g/mol. The maximum absolute atomic E-state index is 4.59. The average molecular weight is 266 g/mol. The summed E-state index contributed by atoms with van der Waals surface area (Å²) in [4.78, 5) is 14.4. The summed E-state index contributed by atoms with van der Waals surface area (Å²) in [5.41, 5.74) is 4.29. The number of benzene rings is 1. The molecule has 3 rings (SSSR count). The van der Waals surface area contributed by atoms with Crippen molar-refractivity contribution in [2.75, 3.05) is 19.0 Å². The van der Waals surface area contributed by atoms with Crippen molar-refractivity contribution in [3.63, 3.8) is 0 Å². The van der Waals surface area contributed by atoms with Gasteiger partial charge in [0.1, 0.15) is 11.6 Å². The second kappa shape index (κ2) is 4.96. The zero-order chi connectivity index (χ0) is 14.1. The number of fused-ring (bicyclic) bond motifs is 1. The highest BCUT2D eigenvalue weighted by Gasteiger charge is 2.07. The SMILES string of the molecule is Cc1cccc(Cc2nc3nc(N(C)C)ccc3[nH]2)c1. The Bertz CT molecular complexity index is 743. The Hall–Kier alpha value is -2.36. The molecule has 0 atom stereocenters. The molecule has 0 bridgehead atoms. The van der Waals surface area contributed by atoms with Gasteiger partial charge in [-0.3, -0.25) is 0 Å². The predicted octanol–water partition coefficient (Wildman–Crippen LogP) is 2.92. The van der Waals surface area contributed by atoms with E-state index in [1.165, 1.54) is 11.1 Å². The lowest BCUT2D eigenvalue weighted by atomic mass is 10.1. The van der Waals surface area contributed by atoms with Gasteiger partial charge in [0, 0.05) is 20.5 Å². The molecule has 1 N–H and O–H groups in total. The fourth-order valence-electron chi connectivity index (χ4n) is 2.28. The van der Waals surface area contributed by atoms with Gasteiger partial charge in [-0.15, -0.1) is 0 Å². The first-order chi connectivity index (χ1) is 9.61. The molecule has 2 heterocycles. The quantitative estimate of drug-likeness (QED) is 0.792. The van der Waals surface area contributed by atoms with Gasteiger partial charge in [0.25, 0.3) is 0 Å². The lowest BCUT2D eigenvalue weighted by Crippen LogP contribution is -2.10. The molecule has 1 aromatic carbocycles. The van der Waals surface area contributed by atoms with E-state index in [-0.39, 0.29) is 0 Å². The average Bonchev–Trinajstić information content (AvgIpc) is 2.79. The zero-order valence-corrected chi connectivity index (χ0v) is 12.0. The Morgan fingerprint density at radius 3 is 2.70 bits per heavy atom. The topological polar surface area (TPSA) is 44.8 Å². The van der Waals surface area contributed by atoms with Crippen LogP contribution in [0.2, 0.25) is 0 Å². The lowest BCUT2D eigenvalue weighted by molar-refractivity contribution is 1.03. The molecule has 4 heteroatoms. The van der Waals surface area contributed by atoms with Gasteiger partial charge >= 0.3 is 0 Å². The van der Waals surface area contributed by atoms with Gasteiger partial charge < -0.3 is 9.88 Å². The number of pyridine rings is 1. The van der Waals surface area contributed by atoms with E-state index in [9.17, 15) is 0 Å². The molecule has 0 fully saturated rings. The van der Waals surface area contributed by atoms with Crippen LogP contribution in [-0.2, 0) is 6.42 Å². The van der Waals surface area contributed by atoms with E-state index in [0.717, 1.165) is 29.2 Å². The van der Waals surface area contributed by atoms with Crippen molar-refractivity contribution < 1.29 is 0 Å². The number of rotatable bonds is 3. The molecular formula is C16H18N4. The Balaban J connectivity index is 1.93. The molecule has 0 spiro atoms. The Labute approximate surface area is 118 Å². The fraction of sp³-hybridized carbons (Fsp3) is 0.250. The van der Waals surface area contributed by atoms with Crippen LogP contribution in [0.4, 0.5) is 5.82 Å². The minimum absolute atomic E-state index is 0.777. The number of anilines is 1. The molecule has 20 heavy (non-hydrogen) atoms. The predicted molar refractivity (Wildman–Crippen MR) is 82.2 cm³/mol. The number of imidazole rings is 1. The minimum atomic E-state index is 0.777. The molecule has 2 aromatic heterocycles. The van der Waals surface area contributed by atoms with Crippen molar-refractivity contribution in [3.8, 4) is 0 Å². The van der Waals surface area contributed by atoms with Crippen LogP contribution in [0.15, 0.2) is 36.4 Å². The molecule has 3 aromatic rings. The van der Waals surface area contributed by atoms with Crippen molar-refractivity contribution in [1.29, 1.82) is 0 Å². The number of nitrogens with one attached hydrogen (secondary N) is 1. The van der Waals surface area contributed by atoms with Crippen LogP contribution in [-0.4, -0.2) is 29.0 Å². The molecule has 0 aliphatic rings.